The van der Waals surface area contributed by atoms with Crippen LogP contribution in [0.3, 0.4) is 0 Å². The summed E-state index contributed by atoms with van der Waals surface area (Å²) in [7, 11) is 1.69. The van der Waals surface area contributed by atoms with E-state index < -0.39 is 0 Å². The lowest BCUT2D eigenvalue weighted by atomic mass is 10.3. The number of thioether (sulfide) groups is 1. The van der Waals surface area contributed by atoms with Crippen LogP contribution in [0.25, 0.3) is 0 Å². The number of pyridine rings is 1. The van der Waals surface area contributed by atoms with Crippen molar-refractivity contribution >= 4 is 17.4 Å². The van der Waals surface area contributed by atoms with Gasteiger partial charge in [0.25, 0.3) is 0 Å². The number of aromatic nitrogens is 1. The number of methoxy groups -OCH3 is 1. The topological polar surface area (TPSA) is 48.1 Å². The Morgan fingerprint density at radius 3 is 3.00 bits per heavy atom. The summed E-state index contributed by atoms with van der Waals surface area (Å²) in [5, 5.41) is 0.958. The van der Waals surface area contributed by atoms with Crippen molar-refractivity contribution in [3.8, 4) is 0 Å². The Morgan fingerprint density at radius 2 is 2.38 bits per heavy atom. The highest BCUT2D eigenvalue weighted by Gasteiger charge is 1.98. The second-order valence-electron chi connectivity index (χ2n) is 2.72. The van der Waals surface area contributed by atoms with Crippen molar-refractivity contribution in [2.24, 2.45) is 0 Å². The first-order valence-electron chi connectivity index (χ1n) is 4.08. The molecule has 0 radical (unpaired) electrons. The molecule has 1 aromatic rings. The lowest BCUT2D eigenvalue weighted by Crippen LogP contribution is -1.95. The molecule has 13 heavy (non-hydrogen) atoms. The third-order valence-electron chi connectivity index (χ3n) is 1.66. The van der Waals surface area contributed by atoms with Gasteiger partial charge in [0.05, 0.1) is 11.6 Å². The summed E-state index contributed by atoms with van der Waals surface area (Å²) < 4.78 is 4.94. The molecule has 3 nitrogen and oxygen atoms in total. The van der Waals surface area contributed by atoms with Gasteiger partial charge in [-0.25, -0.2) is 4.98 Å². The molecule has 0 aliphatic carbocycles. The lowest BCUT2D eigenvalue weighted by Gasteiger charge is -2.03. The zero-order valence-corrected chi connectivity index (χ0v) is 8.73. The molecule has 0 spiro atoms. The van der Waals surface area contributed by atoms with E-state index in [1.807, 2.05) is 13.0 Å². The van der Waals surface area contributed by atoms with Crippen molar-refractivity contribution in [1.29, 1.82) is 0 Å². The molecule has 1 heterocycles. The fourth-order valence-corrected chi connectivity index (χ4v) is 1.62. The molecule has 0 amide bonds. The summed E-state index contributed by atoms with van der Waals surface area (Å²) in [5.74, 6) is 0.909. The van der Waals surface area contributed by atoms with E-state index in [0.29, 0.717) is 0 Å². The molecule has 0 aliphatic rings. The first-order chi connectivity index (χ1) is 6.24. The minimum atomic E-state index is 0.736. The Bertz CT molecular complexity index is 278. The van der Waals surface area contributed by atoms with Gasteiger partial charge >= 0.3 is 0 Å². The number of nitrogens with zero attached hydrogens (tertiary/aromatic N) is 1. The first-order valence-corrected chi connectivity index (χ1v) is 5.06. The van der Waals surface area contributed by atoms with Crippen LogP contribution in [0.4, 0.5) is 5.69 Å². The van der Waals surface area contributed by atoms with Crippen molar-refractivity contribution in [2.45, 2.75) is 11.9 Å². The van der Waals surface area contributed by atoms with E-state index in [-0.39, 0.29) is 0 Å². The summed E-state index contributed by atoms with van der Waals surface area (Å²) in [5.41, 5.74) is 7.57. The predicted octanol–water partition coefficient (Wildman–Crippen LogP) is 1.71. The summed E-state index contributed by atoms with van der Waals surface area (Å²) in [6.45, 7) is 2.69. The van der Waals surface area contributed by atoms with Gasteiger partial charge in [0.15, 0.2) is 0 Å². The molecule has 0 saturated heterocycles. The number of nitrogens with two attached hydrogens (primary N) is 1. The standard InChI is InChI=1S/C9H14N2OS/c1-7-6-11-9(5-8(7)10)13-4-3-12-2/h5-6H,3-4H2,1-2H3,(H2,10,11). The smallest absolute Gasteiger partial charge is 0.0981 e. The van der Waals surface area contributed by atoms with E-state index in [0.717, 1.165) is 28.6 Å². The predicted molar refractivity (Wildman–Crippen MR) is 56.0 cm³/mol. The number of nitrogen functional groups attached to an aromatic ring is 1. The molecule has 0 bridgehead atoms. The first kappa shape index (κ1) is 10.3. The second-order valence-corrected chi connectivity index (χ2v) is 3.84. The van der Waals surface area contributed by atoms with E-state index in [4.69, 9.17) is 10.5 Å². The molecular formula is C9H14N2OS. The van der Waals surface area contributed by atoms with E-state index in [1.54, 1.807) is 25.1 Å². The number of anilines is 1. The molecule has 0 fully saturated rings. The van der Waals surface area contributed by atoms with Gasteiger partial charge in [-0.15, -0.1) is 11.8 Å². The molecule has 4 heteroatoms. The van der Waals surface area contributed by atoms with Crippen molar-refractivity contribution in [3.05, 3.63) is 17.8 Å². The molecule has 0 atom stereocenters. The monoisotopic (exact) mass is 198 g/mol. The average Bonchev–Trinajstić information content (AvgIpc) is 2.12. The van der Waals surface area contributed by atoms with Gasteiger partial charge in [0.1, 0.15) is 0 Å². The van der Waals surface area contributed by atoms with Gasteiger partial charge in [0.2, 0.25) is 0 Å². The third-order valence-corrected chi connectivity index (χ3v) is 2.55. The quantitative estimate of drug-likeness (QED) is 0.591. The second kappa shape index (κ2) is 5.09. The van der Waals surface area contributed by atoms with Gasteiger partial charge in [-0.05, 0) is 18.6 Å². The Kier molecular flexibility index (Phi) is 4.05. The number of ether oxygens (including phenoxy) is 1. The van der Waals surface area contributed by atoms with Gasteiger partial charge in [-0.2, -0.15) is 0 Å². The molecule has 2 N–H and O–H groups in total. The highest BCUT2D eigenvalue weighted by molar-refractivity contribution is 7.99. The maximum atomic E-state index is 5.74. The van der Waals surface area contributed by atoms with Crippen LogP contribution in [0.2, 0.25) is 0 Å². The maximum absolute atomic E-state index is 5.74. The van der Waals surface area contributed by atoms with Gasteiger partial charge in [-0.3, -0.25) is 0 Å². The van der Waals surface area contributed by atoms with E-state index >= 15 is 0 Å². The summed E-state index contributed by atoms with van der Waals surface area (Å²) in [4.78, 5) is 4.24. The van der Waals surface area contributed by atoms with Crippen LogP contribution < -0.4 is 5.73 Å². The summed E-state index contributed by atoms with van der Waals surface area (Å²) in [6.07, 6.45) is 1.80. The van der Waals surface area contributed by atoms with Crippen molar-refractivity contribution in [3.63, 3.8) is 0 Å². The lowest BCUT2D eigenvalue weighted by molar-refractivity contribution is 0.218. The molecule has 0 aromatic carbocycles. The SMILES string of the molecule is COCCSc1cc(N)c(C)cn1. The van der Waals surface area contributed by atoms with Crippen LogP contribution in [0.15, 0.2) is 17.3 Å². The summed E-state index contributed by atoms with van der Waals surface area (Å²) in [6, 6.07) is 1.90. The third kappa shape index (κ3) is 3.24. The van der Waals surface area contributed by atoms with Crippen LogP contribution >= 0.6 is 11.8 Å². The van der Waals surface area contributed by atoms with Crippen LogP contribution in [0.5, 0.6) is 0 Å². The Balaban J connectivity index is 2.53. The van der Waals surface area contributed by atoms with Crippen molar-refractivity contribution in [2.75, 3.05) is 25.2 Å². The minimum absolute atomic E-state index is 0.736. The van der Waals surface area contributed by atoms with Crippen LogP contribution in [0.1, 0.15) is 5.56 Å². The van der Waals surface area contributed by atoms with Crippen molar-refractivity contribution in [1.82, 2.24) is 4.98 Å². The number of hydrogen-bond acceptors (Lipinski definition) is 4. The van der Waals surface area contributed by atoms with Crippen LogP contribution in [-0.2, 0) is 4.74 Å². The van der Waals surface area contributed by atoms with Crippen molar-refractivity contribution < 1.29 is 4.74 Å². The van der Waals surface area contributed by atoms with Crippen LogP contribution in [-0.4, -0.2) is 24.5 Å². The molecule has 0 saturated carbocycles. The van der Waals surface area contributed by atoms with E-state index in [9.17, 15) is 0 Å². The number of aryl methyl sites for hydroxylation is 1. The van der Waals surface area contributed by atoms with E-state index in [1.165, 1.54) is 0 Å². The number of hydrogen-bond donors (Lipinski definition) is 1. The van der Waals surface area contributed by atoms with Gasteiger partial charge < -0.3 is 10.5 Å². The Labute approximate surface area is 82.7 Å². The fourth-order valence-electron chi connectivity index (χ4n) is 0.828. The summed E-state index contributed by atoms with van der Waals surface area (Å²) >= 11 is 1.65. The minimum Gasteiger partial charge on any atom is -0.398 e. The highest BCUT2D eigenvalue weighted by atomic mass is 32.2. The number of rotatable bonds is 4. The molecule has 1 rings (SSSR count). The average molecular weight is 198 g/mol. The highest BCUT2D eigenvalue weighted by Crippen LogP contribution is 2.19. The molecular weight excluding hydrogens is 184 g/mol. The van der Waals surface area contributed by atoms with E-state index in [2.05, 4.69) is 4.98 Å². The zero-order valence-electron chi connectivity index (χ0n) is 7.91. The van der Waals surface area contributed by atoms with Gasteiger partial charge in [-0.1, -0.05) is 0 Å². The fraction of sp³-hybridized carbons (Fsp3) is 0.444. The Morgan fingerprint density at radius 1 is 1.62 bits per heavy atom. The largest absolute Gasteiger partial charge is 0.398 e. The Hall–Kier alpha value is -0.740. The molecule has 72 valence electrons. The molecule has 1 aromatic heterocycles. The molecule has 0 unspecified atom stereocenters. The van der Waals surface area contributed by atoms with Gasteiger partial charge in [0, 0.05) is 24.7 Å². The van der Waals surface area contributed by atoms with Crippen LogP contribution in [0, 0.1) is 6.92 Å². The normalized spacial score (nSPS) is 10.3. The molecule has 0 aliphatic heterocycles. The zero-order chi connectivity index (χ0) is 9.68. The maximum Gasteiger partial charge on any atom is 0.0981 e.